The van der Waals surface area contributed by atoms with Gasteiger partial charge in [-0.05, 0) is 6.07 Å². The maximum absolute atomic E-state index is 12.7. The molecule has 0 spiro atoms. The number of rotatable bonds is 1. The maximum Gasteiger partial charge on any atom is 0.174 e. The van der Waals surface area contributed by atoms with Crippen molar-refractivity contribution >= 4 is 5.69 Å². The van der Waals surface area contributed by atoms with Gasteiger partial charge in [0.05, 0.1) is 5.69 Å². The molecule has 0 atom stereocenters. The maximum atomic E-state index is 12.7. The molecule has 1 rings (SSSR count). The van der Waals surface area contributed by atoms with E-state index in [1.807, 2.05) is 0 Å². The molecule has 1 heterocycles. The van der Waals surface area contributed by atoms with Crippen LogP contribution in [-0.4, -0.2) is 19.1 Å². The lowest BCUT2D eigenvalue weighted by Crippen LogP contribution is -2.10. The van der Waals surface area contributed by atoms with Gasteiger partial charge in [0.2, 0.25) is 0 Å². The lowest BCUT2D eigenvalue weighted by Gasteiger charge is -2.11. The first-order chi connectivity index (χ1) is 4.72. The van der Waals surface area contributed by atoms with Crippen molar-refractivity contribution in [3.8, 4) is 0 Å². The quantitative estimate of drug-likeness (QED) is 0.579. The normalized spacial score (nSPS) is 9.50. The number of pyridine rings is 1. The molecule has 0 bridgehead atoms. The predicted octanol–water partition coefficient (Wildman–Crippen LogP) is 1.09. The predicted molar refractivity (Wildman–Crippen MR) is 37.4 cm³/mol. The van der Waals surface area contributed by atoms with Crippen LogP contribution in [0.1, 0.15) is 0 Å². The second-order valence-electron chi connectivity index (χ2n) is 2.15. The Morgan fingerprint density at radius 3 is 2.70 bits per heavy atom. The summed E-state index contributed by atoms with van der Waals surface area (Å²) in [5.41, 5.74) is 0.509. The van der Waals surface area contributed by atoms with Gasteiger partial charge in [0.1, 0.15) is 6.20 Å². The molecule has 0 aliphatic carbocycles. The van der Waals surface area contributed by atoms with Crippen molar-refractivity contribution in [3.63, 3.8) is 0 Å². The summed E-state index contributed by atoms with van der Waals surface area (Å²) in [6.07, 6.45) is 3.74. The number of anilines is 1. The number of aromatic nitrogens is 1. The molecule has 0 aliphatic rings. The first kappa shape index (κ1) is 6.99. The molecule has 0 unspecified atom stereocenters. The fourth-order valence-electron chi connectivity index (χ4n) is 0.678. The van der Waals surface area contributed by atoms with E-state index >= 15 is 0 Å². The van der Waals surface area contributed by atoms with E-state index in [-0.39, 0.29) is 0 Å². The number of hydrogen-bond acceptors (Lipinski definition) is 2. The molecule has 0 fully saturated rings. The van der Waals surface area contributed by atoms with Crippen LogP contribution in [0.15, 0.2) is 12.3 Å². The highest BCUT2D eigenvalue weighted by atomic mass is 19.1. The van der Waals surface area contributed by atoms with Crippen molar-refractivity contribution in [3.05, 3.63) is 24.3 Å². The number of hydrogen-bond donors (Lipinski definition) is 0. The smallest absolute Gasteiger partial charge is 0.174 e. The molecular weight excluding hydrogens is 131 g/mol. The van der Waals surface area contributed by atoms with Gasteiger partial charge in [-0.1, -0.05) is 0 Å². The van der Waals surface area contributed by atoms with E-state index in [1.165, 1.54) is 6.20 Å². The fourth-order valence-corrected chi connectivity index (χ4v) is 0.678. The lowest BCUT2D eigenvalue weighted by molar-refractivity contribution is 0.617. The summed E-state index contributed by atoms with van der Waals surface area (Å²) in [5, 5.41) is 0. The van der Waals surface area contributed by atoms with Gasteiger partial charge in [-0.25, -0.2) is 4.39 Å². The van der Waals surface area contributed by atoms with Crippen LogP contribution in [0.25, 0.3) is 0 Å². The minimum absolute atomic E-state index is 0.410. The van der Waals surface area contributed by atoms with Crippen molar-refractivity contribution in [1.29, 1.82) is 0 Å². The zero-order chi connectivity index (χ0) is 7.56. The molecule has 0 aliphatic heterocycles. The van der Waals surface area contributed by atoms with Crippen LogP contribution in [-0.2, 0) is 0 Å². The Hall–Kier alpha value is -1.12. The van der Waals surface area contributed by atoms with E-state index in [9.17, 15) is 4.39 Å². The van der Waals surface area contributed by atoms with Crippen LogP contribution in [0.4, 0.5) is 10.1 Å². The molecule has 1 aromatic heterocycles. The summed E-state index contributed by atoms with van der Waals surface area (Å²) >= 11 is 0. The molecule has 1 radical (unpaired) electrons. The Balaban J connectivity index is 3.03. The van der Waals surface area contributed by atoms with Crippen LogP contribution in [0, 0.1) is 12.0 Å². The molecule has 0 N–H and O–H groups in total. The van der Waals surface area contributed by atoms with Gasteiger partial charge >= 0.3 is 0 Å². The van der Waals surface area contributed by atoms with Gasteiger partial charge < -0.3 is 4.90 Å². The molecule has 0 saturated heterocycles. The summed E-state index contributed by atoms with van der Waals surface area (Å²) < 4.78 is 12.7. The summed E-state index contributed by atoms with van der Waals surface area (Å²) in [4.78, 5) is 5.17. The Morgan fingerprint density at radius 2 is 2.30 bits per heavy atom. The fraction of sp³-hybridized carbons (Fsp3) is 0.286. The minimum Gasteiger partial charge on any atom is -0.375 e. The second-order valence-corrected chi connectivity index (χ2v) is 2.15. The molecule has 2 nitrogen and oxygen atoms in total. The van der Waals surface area contributed by atoms with E-state index in [0.717, 1.165) is 0 Å². The standard InChI is InChI=1S/C7H8FN2/c1-10(2)7-3-4-9-5-6(7)8/h3-4H,1-2H3. The van der Waals surface area contributed by atoms with Crippen molar-refractivity contribution in [2.24, 2.45) is 0 Å². The first-order valence-corrected chi connectivity index (χ1v) is 2.91. The highest BCUT2D eigenvalue weighted by Crippen LogP contribution is 2.12. The van der Waals surface area contributed by atoms with Crippen LogP contribution in [0.3, 0.4) is 0 Å². The largest absolute Gasteiger partial charge is 0.375 e. The molecule has 10 heavy (non-hydrogen) atoms. The van der Waals surface area contributed by atoms with Gasteiger partial charge in [0, 0.05) is 20.3 Å². The van der Waals surface area contributed by atoms with Crippen molar-refractivity contribution < 1.29 is 4.39 Å². The lowest BCUT2D eigenvalue weighted by atomic mass is 10.4. The molecule has 0 amide bonds. The summed E-state index contributed by atoms with van der Waals surface area (Å²) in [6, 6.07) is 1.60. The van der Waals surface area contributed by atoms with Crippen LogP contribution < -0.4 is 4.90 Å². The van der Waals surface area contributed by atoms with Crippen LogP contribution in [0.5, 0.6) is 0 Å². The third-order valence-electron chi connectivity index (χ3n) is 1.18. The van der Waals surface area contributed by atoms with E-state index in [4.69, 9.17) is 0 Å². The Morgan fingerprint density at radius 1 is 1.60 bits per heavy atom. The van der Waals surface area contributed by atoms with Gasteiger partial charge in [-0.15, -0.1) is 0 Å². The van der Waals surface area contributed by atoms with Crippen LogP contribution >= 0.6 is 0 Å². The summed E-state index contributed by atoms with van der Waals surface area (Å²) in [5.74, 6) is -0.410. The minimum atomic E-state index is -0.410. The SMILES string of the molecule is CN(C)c1ccn[c]c1F. The van der Waals surface area contributed by atoms with Gasteiger partial charge in [0.15, 0.2) is 5.82 Å². The zero-order valence-electron chi connectivity index (χ0n) is 5.93. The van der Waals surface area contributed by atoms with E-state index in [2.05, 4.69) is 11.2 Å². The Labute approximate surface area is 59.3 Å². The van der Waals surface area contributed by atoms with Gasteiger partial charge in [0.25, 0.3) is 0 Å². The van der Waals surface area contributed by atoms with E-state index < -0.39 is 5.82 Å². The van der Waals surface area contributed by atoms with Crippen molar-refractivity contribution in [1.82, 2.24) is 4.98 Å². The monoisotopic (exact) mass is 139 g/mol. The Kier molecular flexibility index (Phi) is 1.85. The van der Waals surface area contributed by atoms with Gasteiger partial charge in [-0.2, -0.15) is 0 Å². The van der Waals surface area contributed by atoms with E-state index in [0.29, 0.717) is 5.69 Å². The van der Waals surface area contributed by atoms with Crippen molar-refractivity contribution in [2.75, 3.05) is 19.0 Å². The number of nitrogens with zero attached hydrogens (tertiary/aromatic N) is 2. The van der Waals surface area contributed by atoms with Crippen LogP contribution in [0.2, 0.25) is 0 Å². The zero-order valence-corrected chi connectivity index (χ0v) is 5.93. The van der Waals surface area contributed by atoms with Crippen molar-refractivity contribution in [2.45, 2.75) is 0 Å². The van der Waals surface area contributed by atoms with Gasteiger partial charge in [-0.3, -0.25) is 4.98 Å². The molecule has 53 valence electrons. The Bertz CT molecular complexity index is 223. The van der Waals surface area contributed by atoms with E-state index in [1.54, 1.807) is 25.1 Å². The second kappa shape index (κ2) is 2.64. The average molecular weight is 139 g/mol. The average Bonchev–Trinajstić information content (AvgIpc) is 1.88. The third kappa shape index (κ3) is 1.23. The highest BCUT2D eigenvalue weighted by Gasteiger charge is 2.01. The molecule has 0 saturated carbocycles. The topological polar surface area (TPSA) is 16.1 Å². The molecule has 3 heteroatoms. The first-order valence-electron chi connectivity index (χ1n) is 2.91. The summed E-state index contributed by atoms with van der Waals surface area (Å²) in [7, 11) is 3.54. The molecular formula is C7H8FN2. The molecule has 1 aromatic rings. The summed E-state index contributed by atoms with van der Waals surface area (Å²) in [6.45, 7) is 0. The number of halogens is 1. The highest BCUT2D eigenvalue weighted by molar-refractivity contribution is 5.43. The molecule has 0 aromatic carbocycles. The third-order valence-corrected chi connectivity index (χ3v) is 1.18.